The van der Waals surface area contributed by atoms with Gasteiger partial charge in [-0.15, -0.1) is 0 Å². The number of hydrogen-bond donors (Lipinski definition) is 1. The van der Waals surface area contributed by atoms with Crippen molar-refractivity contribution in [1.29, 1.82) is 0 Å². The smallest absolute Gasteiger partial charge is 0.129 e. The first-order valence-electron chi connectivity index (χ1n) is 5.91. The lowest BCUT2D eigenvalue weighted by Gasteiger charge is -2.23. The van der Waals surface area contributed by atoms with Crippen LogP contribution in [0.25, 0.3) is 0 Å². The van der Waals surface area contributed by atoms with Crippen LogP contribution in [-0.2, 0) is 11.2 Å². The largest absolute Gasteiger partial charge is 0.373 e. The van der Waals surface area contributed by atoms with E-state index in [1.165, 1.54) is 0 Å². The summed E-state index contributed by atoms with van der Waals surface area (Å²) in [6, 6.07) is 2.00. The molecule has 0 spiro atoms. The van der Waals surface area contributed by atoms with Gasteiger partial charge in [-0.05, 0) is 26.2 Å². The van der Waals surface area contributed by atoms with Crippen LogP contribution in [0.3, 0.4) is 0 Å². The SMILES string of the molecule is CCc1cc(NCC2(C)CCCO2)ncn1. The highest BCUT2D eigenvalue weighted by molar-refractivity contribution is 5.35. The molecule has 1 aromatic heterocycles. The van der Waals surface area contributed by atoms with Gasteiger partial charge in [0.05, 0.1) is 5.60 Å². The van der Waals surface area contributed by atoms with Crippen molar-refractivity contribution in [3.8, 4) is 0 Å². The van der Waals surface area contributed by atoms with E-state index in [-0.39, 0.29) is 5.60 Å². The molecule has 1 fully saturated rings. The molecule has 0 saturated carbocycles. The summed E-state index contributed by atoms with van der Waals surface area (Å²) < 4.78 is 5.71. The Balaban J connectivity index is 1.93. The van der Waals surface area contributed by atoms with Crippen LogP contribution >= 0.6 is 0 Å². The van der Waals surface area contributed by atoms with Crippen LogP contribution in [0.4, 0.5) is 5.82 Å². The fourth-order valence-corrected chi connectivity index (χ4v) is 1.94. The van der Waals surface area contributed by atoms with Crippen molar-refractivity contribution in [1.82, 2.24) is 9.97 Å². The van der Waals surface area contributed by atoms with Crippen LogP contribution in [0.2, 0.25) is 0 Å². The molecule has 1 aliphatic rings. The Morgan fingerprint density at radius 2 is 2.38 bits per heavy atom. The van der Waals surface area contributed by atoms with E-state index >= 15 is 0 Å². The molecule has 0 aliphatic carbocycles. The Morgan fingerprint density at radius 3 is 3.06 bits per heavy atom. The topological polar surface area (TPSA) is 47.0 Å². The number of anilines is 1. The Morgan fingerprint density at radius 1 is 1.50 bits per heavy atom. The molecule has 88 valence electrons. The first-order valence-corrected chi connectivity index (χ1v) is 5.91. The van der Waals surface area contributed by atoms with Gasteiger partial charge in [0.1, 0.15) is 12.1 Å². The first kappa shape index (κ1) is 11.3. The minimum Gasteiger partial charge on any atom is -0.373 e. The van der Waals surface area contributed by atoms with Gasteiger partial charge >= 0.3 is 0 Å². The fraction of sp³-hybridized carbons (Fsp3) is 0.667. The number of nitrogens with one attached hydrogen (secondary N) is 1. The van der Waals surface area contributed by atoms with Crippen molar-refractivity contribution in [2.24, 2.45) is 0 Å². The van der Waals surface area contributed by atoms with E-state index in [0.717, 1.165) is 43.9 Å². The monoisotopic (exact) mass is 221 g/mol. The van der Waals surface area contributed by atoms with Crippen LogP contribution in [-0.4, -0.2) is 28.7 Å². The van der Waals surface area contributed by atoms with Crippen molar-refractivity contribution in [2.75, 3.05) is 18.5 Å². The number of rotatable bonds is 4. The molecule has 1 atom stereocenters. The summed E-state index contributed by atoms with van der Waals surface area (Å²) in [7, 11) is 0. The van der Waals surface area contributed by atoms with Gasteiger partial charge in [0.15, 0.2) is 0 Å². The van der Waals surface area contributed by atoms with Crippen LogP contribution in [0, 0.1) is 0 Å². The molecule has 1 aromatic rings. The van der Waals surface area contributed by atoms with Crippen molar-refractivity contribution in [2.45, 2.75) is 38.7 Å². The molecule has 1 saturated heterocycles. The molecule has 16 heavy (non-hydrogen) atoms. The Hall–Kier alpha value is -1.16. The Bertz CT molecular complexity index is 348. The lowest BCUT2D eigenvalue weighted by Crippen LogP contribution is -2.32. The van der Waals surface area contributed by atoms with Crippen LogP contribution in [0.15, 0.2) is 12.4 Å². The zero-order valence-electron chi connectivity index (χ0n) is 9.99. The molecule has 1 unspecified atom stereocenters. The van der Waals surface area contributed by atoms with E-state index in [1.807, 2.05) is 6.07 Å². The van der Waals surface area contributed by atoms with Crippen molar-refractivity contribution < 1.29 is 4.74 Å². The summed E-state index contributed by atoms with van der Waals surface area (Å²) >= 11 is 0. The van der Waals surface area contributed by atoms with E-state index in [2.05, 4.69) is 29.1 Å². The molecule has 0 bridgehead atoms. The molecule has 1 aliphatic heterocycles. The summed E-state index contributed by atoms with van der Waals surface area (Å²) in [4.78, 5) is 8.37. The van der Waals surface area contributed by atoms with E-state index in [9.17, 15) is 0 Å². The van der Waals surface area contributed by atoms with Gasteiger partial charge in [-0.3, -0.25) is 0 Å². The first-order chi connectivity index (χ1) is 7.72. The number of nitrogens with zero attached hydrogens (tertiary/aromatic N) is 2. The Kier molecular flexibility index (Phi) is 3.39. The minimum absolute atomic E-state index is 0.0304. The molecule has 0 amide bonds. The van der Waals surface area contributed by atoms with Gasteiger partial charge in [0, 0.05) is 24.9 Å². The normalized spacial score (nSPS) is 24.6. The van der Waals surface area contributed by atoms with Crippen LogP contribution < -0.4 is 5.32 Å². The highest BCUT2D eigenvalue weighted by atomic mass is 16.5. The zero-order valence-corrected chi connectivity index (χ0v) is 9.99. The quantitative estimate of drug-likeness (QED) is 0.845. The summed E-state index contributed by atoms with van der Waals surface area (Å²) in [6.07, 6.45) is 4.82. The maximum atomic E-state index is 5.71. The molecule has 1 N–H and O–H groups in total. The maximum Gasteiger partial charge on any atom is 0.129 e. The molecule has 4 heteroatoms. The third kappa shape index (κ3) is 2.70. The molecule has 2 rings (SSSR count). The lowest BCUT2D eigenvalue weighted by atomic mass is 10.0. The van der Waals surface area contributed by atoms with E-state index in [0.29, 0.717) is 0 Å². The standard InChI is InChI=1S/C12H19N3O/c1-3-10-7-11(15-9-14-10)13-8-12(2)5-4-6-16-12/h7,9H,3-6,8H2,1-2H3,(H,13,14,15). The van der Waals surface area contributed by atoms with Crippen molar-refractivity contribution in [3.05, 3.63) is 18.1 Å². The molecular weight excluding hydrogens is 202 g/mol. The van der Waals surface area contributed by atoms with Gasteiger partial charge in [0.25, 0.3) is 0 Å². The van der Waals surface area contributed by atoms with Gasteiger partial charge in [-0.1, -0.05) is 6.92 Å². The van der Waals surface area contributed by atoms with E-state index < -0.39 is 0 Å². The average molecular weight is 221 g/mol. The zero-order chi connectivity index (χ0) is 11.4. The second-order valence-electron chi connectivity index (χ2n) is 4.50. The summed E-state index contributed by atoms with van der Waals surface area (Å²) in [5.74, 6) is 0.892. The second kappa shape index (κ2) is 4.78. The Labute approximate surface area is 96.4 Å². The number of hydrogen-bond acceptors (Lipinski definition) is 4. The van der Waals surface area contributed by atoms with Gasteiger partial charge in [0.2, 0.25) is 0 Å². The number of ether oxygens (including phenoxy) is 1. The van der Waals surface area contributed by atoms with Crippen molar-refractivity contribution in [3.63, 3.8) is 0 Å². The van der Waals surface area contributed by atoms with Gasteiger partial charge < -0.3 is 10.1 Å². The predicted molar refractivity (Wildman–Crippen MR) is 63.5 cm³/mol. The van der Waals surface area contributed by atoms with E-state index in [1.54, 1.807) is 6.33 Å². The molecule has 0 aromatic carbocycles. The summed E-state index contributed by atoms with van der Waals surface area (Å²) in [5, 5.41) is 3.33. The molecule has 4 nitrogen and oxygen atoms in total. The van der Waals surface area contributed by atoms with Gasteiger partial charge in [-0.25, -0.2) is 9.97 Å². The molecule has 2 heterocycles. The minimum atomic E-state index is -0.0304. The second-order valence-corrected chi connectivity index (χ2v) is 4.50. The fourth-order valence-electron chi connectivity index (χ4n) is 1.94. The molecule has 0 radical (unpaired) electrons. The number of aromatic nitrogens is 2. The van der Waals surface area contributed by atoms with E-state index in [4.69, 9.17) is 4.74 Å². The van der Waals surface area contributed by atoms with Crippen molar-refractivity contribution >= 4 is 5.82 Å². The highest BCUT2D eigenvalue weighted by Crippen LogP contribution is 2.25. The van der Waals surface area contributed by atoms with Gasteiger partial charge in [-0.2, -0.15) is 0 Å². The van der Waals surface area contributed by atoms with Crippen LogP contribution in [0.5, 0.6) is 0 Å². The third-order valence-corrected chi connectivity index (χ3v) is 3.03. The third-order valence-electron chi connectivity index (χ3n) is 3.03. The number of aryl methyl sites for hydroxylation is 1. The maximum absolute atomic E-state index is 5.71. The highest BCUT2D eigenvalue weighted by Gasteiger charge is 2.29. The average Bonchev–Trinajstić information content (AvgIpc) is 2.75. The summed E-state index contributed by atoms with van der Waals surface area (Å²) in [5.41, 5.74) is 1.03. The van der Waals surface area contributed by atoms with Crippen LogP contribution in [0.1, 0.15) is 32.4 Å². The predicted octanol–water partition coefficient (Wildman–Crippen LogP) is 2.02. The summed E-state index contributed by atoms with van der Waals surface area (Å²) in [6.45, 7) is 5.93. The molecular formula is C12H19N3O. The lowest BCUT2D eigenvalue weighted by molar-refractivity contribution is 0.0315.